The minimum absolute atomic E-state index is 0.0104. The molecule has 0 spiro atoms. The first-order chi connectivity index (χ1) is 20.2. The maximum absolute atomic E-state index is 12.9. The summed E-state index contributed by atoms with van der Waals surface area (Å²) in [6.07, 6.45) is 1.43. The second kappa shape index (κ2) is 13.3. The molecule has 4 aromatic carbocycles. The Kier molecular flexibility index (Phi) is 9.35. The van der Waals surface area contributed by atoms with E-state index < -0.39 is 26.6 Å². The Labute approximate surface area is 241 Å². The zero-order valence-corrected chi connectivity index (χ0v) is 23.3. The highest BCUT2D eigenvalue weighted by atomic mass is 32.2. The van der Waals surface area contributed by atoms with Gasteiger partial charge in [0.25, 0.3) is 15.7 Å². The fraction of sp³-hybridized carbons (Fsp3) is 0.103. The van der Waals surface area contributed by atoms with Crippen LogP contribution in [-0.4, -0.2) is 39.7 Å². The second-order valence-corrected chi connectivity index (χ2v) is 10.3. The summed E-state index contributed by atoms with van der Waals surface area (Å²) >= 11 is 0. The van der Waals surface area contributed by atoms with Gasteiger partial charge in [0, 0.05) is 17.3 Å². The van der Waals surface area contributed by atoms with Crippen molar-refractivity contribution in [3.8, 4) is 11.5 Å². The third-order valence-corrected chi connectivity index (χ3v) is 7.27. The van der Waals surface area contributed by atoms with E-state index in [9.17, 15) is 23.3 Å². The monoisotopic (exact) mass is 590 g/mol. The third kappa shape index (κ3) is 7.40. The molecular formula is C29H26N4O8S. The highest BCUT2D eigenvalue weighted by molar-refractivity contribution is 7.92. The zero-order chi connectivity index (χ0) is 30.1. The summed E-state index contributed by atoms with van der Waals surface area (Å²) in [5.41, 5.74) is 4.21. The van der Waals surface area contributed by atoms with Gasteiger partial charge in [-0.1, -0.05) is 24.3 Å². The van der Waals surface area contributed by atoms with Gasteiger partial charge in [0.05, 0.1) is 35.8 Å². The highest BCUT2D eigenvalue weighted by Gasteiger charge is 2.22. The molecule has 2 N–H and O–H groups in total. The Morgan fingerprint density at radius 3 is 2.36 bits per heavy atom. The number of hydrazone groups is 1. The van der Waals surface area contributed by atoms with E-state index in [1.54, 1.807) is 60.7 Å². The van der Waals surface area contributed by atoms with Crippen LogP contribution >= 0.6 is 0 Å². The topological polar surface area (TPSA) is 158 Å². The Bertz CT molecular complexity index is 1710. The number of esters is 1. The molecule has 0 saturated heterocycles. The van der Waals surface area contributed by atoms with Crippen molar-refractivity contribution in [1.29, 1.82) is 0 Å². The smallest absolute Gasteiger partial charge is 0.337 e. The number of benzene rings is 4. The number of hydrogen-bond donors (Lipinski definition) is 2. The number of sulfonamides is 1. The van der Waals surface area contributed by atoms with E-state index in [1.807, 2.05) is 0 Å². The number of carbonyl (C=O) groups excluding carboxylic acids is 1. The van der Waals surface area contributed by atoms with Crippen LogP contribution in [0, 0.1) is 10.1 Å². The number of nitrogens with one attached hydrogen (secondary N) is 2. The second-order valence-electron chi connectivity index (χ2n) is 8.66. The van der Waals surface area contributed by atoms with Gasteiger partial charge in [0.2, 0.25) is 0 Å². The number of anilines is 2. The lowest BCUT2D eigenvalue weighted by Crippen LogP contribution is -2.13. The summed E-state index contributed by atoms with van der Waals surface area (Å²) in [5, 5.41) is 15.9. The molecule has 0 aromatic heterocycles. The van der Waals surface area contributed by atoms with Gasteiger partial charge in [0.15, 0.2) is 0 Å². The third-order valence-electron chi connectivity index (χ3n) is 5.90. The Morgan fingerprint density at radius 1 is 0.976 bits per heavy atom. The molecule has 4 rings (SSSR count). The fourth-order valence-electron chi connectivity index (χ4n) is 3.70. The molecule has 216 valence electrons. The maximum atomic E-state index is 12.9. The number of methoxy groups -OCH3 is 2. The van der Waals surface area contributed by atoms with Gasteiger partial charge in [0.1, 0.15) is 23.8 Å². The molecule has 0 aliphatic carbocycles. The molecule has 0 radical (unpaired) electrons. The Morgan fingerprint density at radius 2 is 1.69 bits per heavy atom. The number of nitrogens with zero attached hydrogens (tertiary/aromatic N) is 2. The van der Waals surface area contributed by atoms with Crippen molar-refractivity contribution >= 4 is 39.3 Å². The number of para-hydroxylation sites is 1. The minimum atomic E-state index is -4.11. The van der Waals surface area contributed by atoms with Crippen molar-refractivity contribution in [1.82, 2.24) is 0 Å². The van der Waals surface area contributed by atoms with Crippen LogP contribution in [0.5, 0.6) is 11.5 Å². The van der Waals surface area contributed by atoms with Crippen LogP contribution in [-0.2, 0) is 21.4 Å². The molecule has 13 heteroatoms. The highest BCUT2D eigenvalue weighted by Crippen LogP contribution is 2.29. The molecular weight excluding hydrogens is 564 g/mol. The van der Waals surface area contributed by atoms with Gasteiger partial charge in [-0.05, 0) is 66.2 Å². The molecule has 0 unspecified atom stereocenters. The predicted octanol–water partition coefficient (Wildman–Crippen LogP) is 5.22. The summed E-state index contributed by atoms with van der Waals surface area (Å²) in [6, 6.07) is 23.5. The average Bonchev–Trinajstić information content (AvgIpc) is 3.00. The van der Waals surface area contributed by atoms with Crippen LogP contribution in [0.25, 0.3) is 0 Å². The van der Waals surface area contributed by atoms with Gasteiger partial charge in [-0.15, -0.1) is 0 Å². The first-order valence-corrected chi connectivity index (χ1v) is 13.8. The van der Waals surface area contributed by atoms with E-state index in [0.29, 0.717) is 22.6 Å². The van der Waals surface area contributed by atoms with Crippen LogP contribution in [0.3, 0.4) is 0 Å². The molecule has 0 fully saturated rings. The number of hydrogen-bond acceptors (Lipinski definition) is 10. The van der Waals surface area contributed by atoms with E-state index in [2.05, 4.69) is 15.2 Å². The number of nitro benzene ring substituents is 1. The lowest BCUT2D eigenvalue weighted by atomic mass is 10.1. The Balaban J connectivity index is 1.46. The van der Waals surface area contributed by atoms with Gasteiger partial charge >= 0.3 is 5.97 Å². The quantitative estimate of drug-likeness (QED) is 0.0977. The van der Waals surface area contributed by atoms with Crippen molar-refractivity contribution in [2.45, 2.75) is 11.5 Å². The summed E-state index contributed by atoms with van der Waals surface area (Å²) in [4.78, 5) is 22.4. The van der Waals surface area contributed by atoms with Crippen LogP contribution < -0.4 is 19.6 Å². The molecule has 0 saturated carbocycles. The standard InChI is InChI=1S/C29H26N4O8S/c1-39-24-13-11-23(12-14-24)32-42(37,38)25-15-16-26(27(17-25)33(35)36)31-30-18-22-5-3-4-6-28(22)41-19-20-7-9-21(10-8-20)29(34)40-2/h3-18,31-32H,19H2,1-2H3. The molecule has 0 amide bonds. The molecule has 0 heterocycles. The summed E-state index contributed by atoms with van der Waals surface area (Å²) < 4.78 is 43.8. The van der Waals surface area contributed by atoms with Crippen LogP contribution in [0.4, 0.5) is 17.1 Å². The predicted molar refractivity (Wildman–Crippen MR) is 157 cm³/mol. The molecule has 0 aliphatic heterocycles. The fourth-order valence-corrected chi connectivity index (χ4v) is 4.78. The zero-order valence-electron chi connectivity index (χ0n) is 22.5. The van der Waals surface area contributed by atoms with E-state index in [0.717, 1.165) is 11.6 Å². The van der Waals surface area contributed by atoms with Crippen LogP contribution in [0.2, 0.25) is 0 Å². The van der Waals surface area contributed by atoms with Gasteiger partial charge in [-0.2, -0.15) is 5.10 Å². The van der Waals surface area contributed by atoms with E-state index >= 15 is 0 Å². The van der Waals surface area contributed by atoms with E-state index in [4.69, 9.17) is 14.2 Å². The van der Waals surface area contributed by atoms with Crippen molar-refractivity contribution < 1.29 is 32.3 Å². The SMILES string of the molecule is COC(=O)c1ccc(COc2ccccc2C=NNc2ccc(S(=O)(=O)Nc3ccc(OC)cc3)cc2[N+](=O)[O-])cc1. The summed E-state index contributed by atoms with van der Waals surface area (Å²) in [5.74, 6) is 0.615. The Hall–Kier alpha value is -5.43. The maximum Gasteiger partial charge on any atom is 0.337 e. The summed E-state index contributed by atoms with van der Waals surface area (Å²) in [7, 11) is -1.31. The first kappa shape index (κ1) is 29.6. The average molecular weight is 591 g/mol. The number of rotatable bonds is 12. The van der Waals surface area contributed by atoms with Crippen molar-refractivity contribution in [2.75, 3.05) is 24.4 Å². The summed E-state index contributed by atoms with van der Waals surface area (Å²) in [6.45, 7) is 0.214. The largest absolute Gasteiger partial charge is 0.497 e. The van der Waals surface area contributed by atoms with Crippen molar-refractivity contribution in [3.05, 3.63) is 118 Å². The van der Waals surface area contributed by atoms with Crippen LogP contribution in [0.1, 0.15) is 21.5 Å². The number of carbonyl (C=O) groups is 1. The molecule has 0 atom stereocenters. The molecule has 4 aromatic rings. The number of ether oxygens (including phenoxy) is 3. The van der Waals surface area contributed by atoms with E-state index in [1.165, 1.54) is 44.7 Å². The van der Waals surface area contributed by atoms with Gasteiger partial charge in [-0.25, -0.2) is 13.2 Å². The molecule has 42 heavy (non-hydrogen) atoms. The van der Waals surface area contributed by atoms with Crippen molar-refractivity contribution in [2.24, 2.45) is 5.10 Å². The molecule has 12 nitrogen and oxygen atoms in total. The number of nitro groups is 1. The lowest BCUT2D eigenvalue weighted by Gasteiger charge is -2.10. The molecule has 0 bridgehead atoms. The minimum Gasteiger partial charge on any atom is -0.497 e. The first-order valence-electron chi connectivity index (χ1n) is 12.3. The normalized spacial score (nSPS) is 11.1. The van der Waals surface area contributed by atoms with Crippen molar-refractivity contribution in [3.63, 3.8) is 0 Å². The van der Waals surface area contributed by atoms with Crippen LogP contribution in [0.15, 0.2) is 101 Å². The lowest BCUT2D eigenvalue weighted by molar-refractivity contribution is -0.384. The van der Waals surface area contributed by atoms with E-state index in [-0.39, 0.29) is 22.9 Å². The van der Waals surface area contributed by atoms with Gasteiger partial charge < -0.3 is 14.2 Å². The molecule has 0 aliphatic rings. The van der Waals surface area contributed by atoms with Gasteiger partial charge in [-0.3, -0.25) is 20.3 Å².